The second-order valence-corrected chi connectivity index (χ2v) is 5.37. The zero-order chi connectivity index (χ0) is 17.1. The number of rotatable bonds is 4. The van der Waals surface area contributed by atoms with Gasteiger partial charge in [0.2, 0.25) is 6.23 Å². The molecule has 8 nitrogen and oxygen atoms in total. The van der Waals surface area contributed by atoms with E-state index in [0.29, 0.717) is 5.02 Å². The van der Waals surface area contributed by atoms with Crippen molar-refractivity contribution in [3.63, 3.8) is 0 Å². The summed E-state index contributed by atoms with van der Waals surface area (Å²) < 4.78 is 10.0. The van der Waals surface area contributed by atoms with Gasteiger partial charge < -0.3 is 9.47 Å². The molecule has 0 spiro atoms. The Balaban J connectivity index is 1.95. The van der Waals surface area contributed by atoms with Gasteiger partial charge in [-0.1, -0.05) is 11.6 Å². The van der Waals surface area contributed by atoms with Crippen LogP contribution in [-0.4, -0.2) is 39.5 Å². The number of nitrogens with zero attached hydrogens (tertiary/aromatic N) is 4. The lowest BCUT2D eigenvalue weighted by atomic mass is 10.3. The summed E-state index contributed by atoms with van der Waals surface area (Å²) in [7, 11) is 0. The molecule has 1 aliphatic rings. The zero-order valence-electron chi connectivity index (χ0n) is 12.1. The number of amides is 1. The van der Waals surface area contributed by atoms with Crippen molar-refractivity contribution in [2.24, 2.45) is 0 Å². The Morgan fingerprint density at radius 1 is 1.25 bits per heavy atom. The molecule has 1 atom stereocenters. The summed E-state index contributed by atoms with van der Waals surface area (Å²) >= 11 is 11.3. The van der Waals surface area contributed by atoms with E-state index in [1.165, 1.54) is 24.7 Å². The highest BCUT2D eigenvalue weighted by Crippen LogP contribution is 2.35. The predicted octanol–water partition coefficient (Wildman–Crippen LogP) is 2.58. The summed E-state index contributed by atoms with van der Waals surface area (Å²) in [5.41, 5.74) is 0.270. The maximum atomic E-state index is 12.6. The van der Waals surface area contributed by atoms with Gasteiger partial charge in [0.15, 0.2) is 5.69 Å². The summed E-state index contributed by atoms with van der Waals surface area (Å²) in [6, 6.07) is 3.08. The first kappa shape index (κ1) is 16.4. The molecule has 124 valence electrons. The molecule has 3 rings (SSSR count). The maximum absolute atomic E-state index is 12.6. The molecule has 0 aliphatic carbocycles. The Morgan fingerprint density at radius 2 is 2.04 bits per heavy atom. The summed E-state index contributed by atoms with van der Waals surface area (Å²) in [4.78, 5) is 37.7. The minimum absolute atomic E-state index is 0.0203. The fourth-order valence-electron chi connectivity index (χ4n) is 2.13. The van der Waals surface area contributed by atoms with E-state index in [1.54, 1.807) is 6.07 Å². The van der Waals surface area contributed by atoms with Crippen LogP contribution in [-0.2, 0) is 9.47 Å². The second kappa shape index (κ2) is 6.98. The molecular weight excluding hydrogens is 359 g/mol. The molecule has 10 heteroatoms. The third kappa shape index (κ3) is 3.10. The van der Waals surface area contributed by atoms with Gasteiger partial charge in [0.1, 0.15) is 18.1 Å². The number of halogens is 2. The van der Waals surface area contributed by atoms with Crippen molar-refractivity contribution >= 4 is 41.1 Å². The van der Waals surface area contributed by atoms with Crippen molar-refractivity contribution in [2.75, 3.05) is 17.4 Å². The van der Waals surface area contributed by atoms with Crippen molar-refractivity contribution in [1.82, 2.24) is 15.0 Å². The molecule has 0 radical (unpaired) electrons. The van der Waals surface area contributed by atoms with Crippen LogP contribution in [0.15, 0.2) is 30.7 Å². The number of aromatic nitrogens is 3. The van der Waals surface area contributed by atoms with Crippen molar-refractivity contribution in [1.29, 1.82) is 0 Å². The number of hydrogen-bond acceptors (Lipinski definition) is 7. The number of ether oxygens (including phenoxy) is 2. The van der Waals surface area contributed by atoms with E-state index >= 15 is 0 Å². The quantitative estimate of drug-likeness (QED) is 0.604. The Kier molecular flexibility index (Phi) is 4.77. The summed E-state index contributed by atoms with van der Waals surface area (Å²) in [6.07, 6.45) is 2.02. The number of carbonyl (C=O) groups excluding carboxylic acids is 2. The van der Waals surface area contributed by atoms with Crippen LogP contribution < -0.4 is 4.90 Å². The zero-order valence-corrected chi connectivity index (χ0v) is 13.6. The Labute approximate surface area is 146 Å². The monoisotopic (exact) mass is 368 g/mol. The molecule has 1 aliphatic heterocycles. The molecule has 2 aromatic rings. The molecule has 0 fully saturated rings. The van der Waals surface area contributed by atoms with Gasteiger partial charge in [0.05, 0.1) is 10.9 Å². The van der Waals surface area contributed by atoms with Gasteiger partial charge in [-0.25, -0.2) is 19.7 Å². The van der Waals surface area contributed by atoms with Gasteiger partial charge in [-0.15, -0.1) is 11.6 Å². The maximum Gasteiger partial charge on any atom is 0.510 e. The summed E-state index contributed by atoms with van der Waals surface area (Å²) in [5.74, 6) is -0.139. The van der Waals surface area contributed by atoms with Gasteiger partial charge in [0, 0.05) is 18.6 Å². The van der Waals surface area contributed by atoms with E-state index in [1.807, 2.05) is 0 Å². The number of alkyl halides is 1. The molecule has 1 unspecified atom stereocenters. The van der Waals surface area contributed by atoms with Crippen LogP contribution in [0.3, 0.4) is 0 Å². The number of fused-ring (bicyclic) bond motifs is 1. The van der Waals surface area contributed by atoms with E-state index in [9.17, 15) is 9.59 Å². The first-order valence-corrected chi connectivity index (χ1v) is 7.68. The van der Waals surface area contributed by atoms with E-state index in [2.05, 4.69) is 15.0 Å². The van der Waals surface area contributed by atoms with E-state index in [0.717, 1.165) is 4.90 Å². The third-order valence-electron chi connectivity index (χ3n) is 3.08. The SMILES string of the molecule is O=C(OCCCl)OC1c2nccnc2C(=O)N1c1ccc(Cl)cn1. The molecule has 0 bridgehead atoms. The minimum Gasteiger partial charge on any atom is -0.433 e. The van der Waals surface area contributed by atoms with Crippen LogP contribution in [0.4, 0.5) is 10.6 Å². The lowest BCUT2D eigenvalue weighted by Gasteiger charge is -2.22. The Morgan fingerprint density at radius 3 is 2.75 bits per heavy atom. The van der Waals surface area contributed by atoms with Gasteiger partial charge in [0.25, 0.3) is 5.91 Å². The highest BCUT2D eigenvalue weighted by molar-refractivity contribution is 6.30. The molecular formula is C14H10Cl2N4O4. The molecule has 2 aromatic heterocycles. The van der Waals surface area contributed by atoms with Crippen LogP contribution >= 0.6 is 23.2 Å². The number of carbonyl (C=O) groups is 2. The molecule has 0 saturated carbocycles. The number of pyridine rings is 1. The second-order valence-electron chi connectivity index (χ2n) is 4.56. The van der Waals surface area contributed by atoms with E-state index in [4.69, 9.17) is 32.7 Å². The molecule has 0 aromatic carbocycles. The number of hydrogen-bond donors (Lipinski definition) is 0. The van der Waals surface area contributed by atoms with E-state index in [-0.39, 0.29) is 29.7 Å². The average Bonchev–Trinajstić information content (AvgIpc) is 2.87. The first-order chi connectivity index (χ1) is 11.6. The standard InChI is InChI=1S/C14H10Cl2N4O4/c15-3-6-23-14(22)24-13-11-10(17-4-5-18-11)12(21)20(13)9-2-1-8(16)7-19-9/h1-2,4-5,7,13H,3,6H2. The average molecular weight is 369 g/mol. The van der Waals surface area contributed by atoms with Crippen LogP contribution in [0.1, 0.15) is 22.4 Å². The third-order valence-corrected chi connectivity index (χ3v) is 3.46. The van der Waals surface area contributed by atoms with Crippen molar-refractivity contribution in [3.8, 4) is 0 Å². The Bertz CT molecular complexity index is 772. The summed E-state index contributed by atoms with van der Waals surface area (Å²) in [5, 5.41) is 0.401. The molecule has 24 heavy (non-hydrogen) atoms. The van der Waals surface area contributed by atoms with Crippen LogP contribution in [0.5, 0.6) is 0 Å². The molecule has 3 heterocycles. The van der Waals surface area contributed by atoms with Crippen LogP contribution in [0.2, 0.25) is 5.02 Å². The predicted molar refractivity (Wildman–Crippen MR) is 84.0 cm³/mol. The van der Waals surface area contributed by atoms with Crippen molar-refractivity contribution in [3.05, 3.63) is 47.1 Å². The van der Waals surface area contributed by atoms with Crippen LogP contribution in [0, 0.1) is 0 Å². The first-order valence-electron chi connectivity index (χ1n) is 6.77. The molecule has 0 saturated heterocycles. The lowest BCUT2D eigenvalue weighted by Crippen LogP contribution is -2.32. The molecule has 0 N–H and O–H groups in total. The smallest absolute Gasteiger partial charge is 0.433 e. The Hall–Kier alpha value is -2.45. The lowest BCUT2D eigenvalue weighted by molar-refractivity contribution is 0.0262. The van der Waals surface area contributed by atoms with Crippen molar-refractivity contribution < 1.29 is 19.1 Å². The highest BCUT2D eigenvalue weighted by Gasteiger charge is 2.43. The van der Waals surface area contributed by atoms with E-state index < -0.39 is 18.3 Å². The summed E-state index contributed by atoms with van der Waals surface area (Å²) in [6.45, 7) is -0.0203. The minimum atomic E-state index is -1.14. The van der Waals surface area contributed by atoms with Crippen molar-refractivity contribution in [2.45, 2.75) is 6.23 Å². The van der Waals surface area contributed by atoms with Gasteiger partial charge in [-0.2, -0.15) is 0 Å². The topological polar surface area (TPSA) is 94.5 Å². The normalized spacial score (nSPS) is 16.0. The van der Waals surface area contributed by atoms with Gasteiger partial charge >= 0.3 is 6.16 Å². The molecule has 1 amide bonds. The van der Waals surface area contributed by atoms with Crippen LogP contribution in [0.25, 0.3) is 0 Å². The number of anilines is 1. The fraction of sp³-hybridized carbons (Fsp3) is 0.214. The fourth-order valence-corrected chi connectivity index (χ4v) is 2.32. The van der Waals surface area contributed by atoms with Gasteiger partial charge in [-0.3, -0.25) is 9.78 Å². The highest BCUT2D eigenvalue weighted by atomic mass is 35.5. The van der Waals surface area contributed by atoms with Gasteiger partial charge in [-0.05, 0) is 12.1 Å². The largest absolute Gasteiger partial charge is 0.510 e.